The zero-order chi connectivity index (χ0) is 10.1. The Morgan fingerprint density at radius 3 is 3.29 bits per heavy atom. The maximum Gasteiger partial charge on any atom is 0.361 e. The number of hydrogen-bond donors (Lipinski definition) is 0. The molecule has 0 aliphatic carbocycles. The average molecular weight is 232 g/mol. The van der Waals surface area contributed by atoms with E-state index in [4.69, 9.17) is 20.9 Å². The number of carbonyl (C=O) groups is 1. The number of esters is 1. The number of carbonyl (C=O) groups excluding carboxylic acids is 1. The second kappa shape index (κ2) is 3.59. The lowest BCUT2D eigenvalue weighted by atomic mass is 10.3. The van der Waals surface area contributed by atoms with Crippen LogP contribution in [0.1, 0.15) is 17.4 Å². The minimum atomic E-state index is -0.485. The van der Waals surface area contributed by atoms with Crippen LogP contribution in [0.3, 0.4) is 0 Å². The molecule has 0 unspecified atom stereocenters. The van der Waals surface area contributed by atoms with Crippen molar-refractivity contribution >= 4 is 39.2 Å². The number of rotatable bonds is 2. The van der Waals surface area contributed by atoms with Crippen LogP contribution < -0.4 is 0 Å². The van der Waals surface area contributed by atoms with Gasteiger partial charge in [0.1, 0.15) is 0 Å². The van der Waals surface area contributed by atoms with Crippen LogP contribution in [0, 0.1) is 0 Å². The molecule has 0 saturated carbocycles. The maximum absolute atomic E-state index is 11.3. The summed E-state index contributed by atoms with van der Waals surface area (Å²) in [6.07, 6.45) is 0. The number of thiophene rings is 1. The molecule has 14 heavy (non-hydrogen) atoms. The Balaban J connectivity index is 2.46. The summed E-state index contributed by atoms with van der Waals surface area (Å²) in [5.41, 5.74) is 0.185. The molecule has 74 valence electrons. The second-order valence-corrected chi connectivity index (χ2v) is 4.15. The van der Waals surface area contributed by atoms with Gasteiger partial charge in [0.2, 0.25) is 4.90 Å². The summed E-state index contributed by atoms with van der Waals surface area (Å²) in [4.78, 5) is 11.9. The molecule has 2 aromatic rings. The molecule has 0 atom stereocenters. The lowest BCUT2D eigenvalue weighted by Gasteiger charge is -1.95. The van der Waals surface area contributed by atoms with Crippen molar-refractivity contribution in [3.05, 3.63) is 16.1 Å². The van der Waals surface area contributed by atoms with Crippen LogP contribution in [-0.4, -0.2) is 17.7 Å². The van der Waals surface area contributed by atoms with Gasteiger partial charge in [0.05, 0.1) is 16.3 Å². The molecule has 0 radical (unpaired) electrons. The normalized spacial score (nSPS) is 10.7. The molecule has 2 rings (SSSR count). The van der Waals surface area contributed by atoms with Crippen LogP contribution in [0.15, 0.2) is 10.6 Å². The number of aromatic nitrogens is 1. The molecular weight excluding hydrogens is 226 g/mol. The largest absolute Gasteiger partial charge is 0.461 e. The van der Waals surface area contributed by atoms with Crippen molar-refractivity contribution in [3.8, 4) is 0 Å². The van der Waals surface area contributed by atoms with Crippen molar-refractivity contribution in [2.75, 3.05) is 6.61 Å². The van der Waals surface area contributed by atoms with E-state index in [0.29, 0.717) is 21.2 Å². The van der Waals surface area contributed by atoms with Crippen molar-refractivity contribution in [1.29, 1.82) is 0 Å². The van der Waals surface area contributed by atoms with E-state index in [2.05, 4.69) is 5.16 Å². The lowest BCUT2D eigenvalue weighted by molar-refractivity contribution is 0.0517. The highest BCUT2D eigenvalue weighted by atomic mass is 35.5. The van der Waals surface area contributed by atoms with Gasteiger partial charge in [-0.1, -0.05) is 28.1 Å². The molecule has 0 aliphatic heterocycles. The summed E-state index contributed by atoms with van der Waals surface area (Å²) in [7, 11) is 0. The Kier molecular flexibility index (Phi) is 2.43. The smallest absolute Gasteiger partial charge is 0.361 e. The molecule has 6 heteroatoms. The zero-order valence-corrected chi connectivity index (χ0v) is 8.82. The molecule has 0 N–H and O–H groups in total. The highest BCUT2D eigenvalue weighted by molar-refractivity contribution is 7.22. The third kappa shape index (κ3) is 1.49. The first-order valence-corrected chi connectivity index (χ1v) is 5.13. The Hall–Kier alpha value is -1.07. The predicted octanol–water partition coefficient (Wildman–Crippen LogP) is 2.72. The van der Waals surface area contributed by atoms with Gasteiger partial charge in [-0.25, -0.2) is 4.79 Å². The molecule has 0 aliphatic rings. The van der Waals surface area contributed by atoms with Gasteiger partial charge < -0.3 is 9.26 Å². The van der Waals surface area contributed by atoms with E-state index in [0.717, 1.165) is 0 Å². The van der Waals surface area contributed by atoms with E-state index in [1.807, 2.05) is 0 Å². The van der Waals surface area contributed by atoms with Crippen LogP contribution in [0.25, 0.3) is 10.3 Å². The molecule has 4 nitrogen and oxygen atoms in total. The van der Waals surface area contributed by atoms with Crippen LogP contribution in [0.4, 0.5) is 0 Å². The Bertz CT molecular complexity index is 476. The number of hydrogen-bond acceptors (Lipinski definition) is 5. The van der Waals surface area contributed by atoms with Crippen LogP contribution in [0.5, 0.6) is 0 Å². The maximum atomic E-state index is 11.3. The first kappa shape index (κ1) is 9.48. The van der Waals surface area contributed by atoms with Gasteiger partial charge in [-0.15, -0.1) is 0 Å². The Morgan fingerprint density at radius 2 is 2.57 bits per heavy atom. The van der Waals surface area contributed by atoms with E-state index < -0.39 is 5.97 Å². The molecular formula is C8H6ClNO3S. The van der Waals surface area contributed by atoms with Gasteiger partial charge in [0, 0.05) is 0 Å². The summed E-state index contributed by atoms with van der Waals surface area (Å²) in [6.45, 7) is 2.04. The lowest BCUT2D eigenvalue weighted by Crippen LogP contribution is -2.04. The fourth-order valence-corrected chi connectivity index (χ4v) is 2.07. The highest BCUT2D eigenvalue weighted by Crippen LogP contribution is 2.31. The van der Waals surface area contributed by atoms with E-state index in [1.54, 1.807) is 13.0 Å². The molecule has 0 fully saturated rings. The minimum absolute atomic E-state index is 0.185. The average Bonchev–Trinajstić information content (AvgIpc) is 2.62. The van der Waals surface area contributed by atoms with E-state index in [9.17, 15) is 4.79 Å². The molecule has 0 bridgehead atoms. The SMILES string of the molecule is CCOC(=O)c1noc2sc(Cl)cc12. The Labute approximate surface area is 88.4 Å². The highest BCUT2D eigenvalue weighted by Gasteiger charge is 2.19. The first-order chi connectivity index (χ1) is 6.72. The molecule has 0 saturated heterocycles. The van der Waals surface area contributed by atoms with Crippen LogP contribution >= 0.6 is 22.9 Å². The van der Waals surface area contributed by atoms with Crippen molar-refractivity contribution in [2.45, 2.75) is 6.92 Å². The molecule has 0 spiro atoms. The summed E-state index contributed by atoms with van der Waals surface area (Å²) >= 11 is 6.99. The summed E-state index contributed by atoms with van der Waals surface area (Å²) < 4.78 is 10.3. The van der Waals surface area contributed by atoms with Crippen LogP contribution in [0.2, 0.25) is 4.34 Å². The summed E-state index contributed by atoms with van der Waals surface area (Å²) in [5.74, 6) is -0.485. The van der Waals surface area contributed by atoms with Gasteiger partial charge in [0.25, 0.3) is 0 Å². The van der Waals surface area contributed by atoms with Crippen molar-refractivity contribution < 1.29 is 14.1 Å². The third-order valence-electron chi connectivity index (χ3n) is 1.61. The number of fused-ring (bicyclic) bond motifs is 1. The second-order valence-electron chi connectivity index (χ2n) is 2.50. The number of halogens is 1. The minimum Gasteiger partial charge on any atom is -0.461 e. The van der Waals surface area contributed by atoms with E-state index >= 15 is 0 Å². The summed E-state index contributed by atoms with van der Waals surface area (Å²) in [6, 6.07) is 1.64. The standard InChI is InChI=1S/C8H6ClNO3S/c1-2-12-7(11)6-4-3-5(9)14-8(4)13-10-6/h3H,2H2,1H3. The first-order valence-electron chi connectivity index (χ1n) is 3.94. The van der Waals surface area contributed by atoms with Gasteiger partial charge >= 0.3 is 5.97 Å². The molecule has 2 aromatic heterocycles. The Morgan fingerprint density at radius 1 is 1.79 bits per heavy atom. The van der Waals surface area contributed by atoms with Gasteiger partial charge in [-0.2, -0.15) is 0 Å². The molecule has 0 aromatic carbocycles. The number of ether oxygens (including phenoxy) is 1. The molecule has 0 amide bonds. The van der Waals surface area contributed by atoms with Crippen molar-refractivity contribution in [1.82, 2.24) is 5.16 Å². The topological polar surface area (TPSA) is 52.3 Å². The fraction of sp³-hybridized carbons (Fsp3) is 0.250. The fourth-order valence-electron chi connectivity index (χ4n) is 1.06. The van der Waals surface area contributed by atoms with E-state index in [1.165, 1.54) is 11.3 Å². The van der Waals surface area contributed by atoms with Gasteiger partial charge in [-0.05, 0) is 13.0 Å². The van der Waals surface area contributed by atoms with Crippen molar-refractivity contribution in [2.24, 2.45) is 0 Å². The van der Waals surface area contributed by atoms with E-state index in [-0.39, 0.29) is 5.69 Å². The zero-order valence-electron chi connectivity index (χ0n) is 7.24. The quantitative estimate of drug-likeness (QED) is 0.746. The van der Waals surface area contributed by atoms with Crippen molar-refractivity contribution in [3.63, 3.8) is 0 Å². The molecule has 2 heterocycles. The predicted molar refractivity (Wildman–Crippen MR) is 52.9 cm³/mol. The van der Waals surface area contributed by atoms with Crippen LogP contribution in [-0.2, 0) is 4.74 Å². The summed E-state index contributed by atoms with van der Waals surface area (Å²) in [5, 5.41) is 4.23. The monoisotopic (exact) mass is 231 g/mol. The van der Waals surface area contributed by atoms with Gasteiger partial charge in [-0.3, -0.25) is 0 Å². The number of nitrogens with zero attached hydrogens (tertiary/aromatic N) is 1. The van der Waals surface area contributed by atoms with Gasteiger partial charge in [0.15, 0.2) is 5.69 Å². The third-order valence-corrected chi connectivity index (χ3v) is 2.74.